The second kappa shape index (κ2) is 18.3. The SMILES string of the molecule is COCOc1cc2c(OCOC)cccc2cc1C(=O)NC1C(C(=O)c2c(OC)cc(OC)c(OC)c2F)CCCN(C(=O)O)C1OC(=O)c1ccccc1. The summed E-state index contributed by atoms with van der Waals surface area (Å²) in [5, 5.41) is 14.3. The smallest absolute Gasteiger partial charge is 0.410 e. The molecule has 3 unspecified atom stereocenters. The van der Waals surface area contributed by atoms with Crippen molar-refractivity contribution < 1.29 is 66.6 Å². The van der Waals surface area contributed by atoms with E-state index in [1.807, 2.05) is 0 Å². The zero-order valence-electron chi connectivity index (χ0n) is 30.8. The number of benzene rings is 4. The van der Waals surface area contributed by atoms with Crippen molar-refractivity contribution in [2.45, 2.75) is 25.1 Å². The highest BCUT2D eigenvalue weighted by molar-refractivity contribution is 6.05. The van der Waals surface area contributed by atoms with Crippen molar-refractivity contribution in [3.8, 4) is 28.7 Å². The normalized spacial score (nSPS) is 16.8. The Morgan fingerprint density at radius 3 is 2.15 bits per heavy atom. The van der Waals surface area contributed by atoms with Crippen LogP contribution in [0.1, 0.15) is 43.9 Å². The molecule has 0 spiro atoms. The number of likely N-dealkylation sites (tertiary alicyclic amines) is 1. The van der Waals surface area contributed by atoms with Gasteiger partial charge in [0.25, 0.3) is 5.91 Å². The first-order valence-electron chi connectivity index (χ1n) is 17.0. The van der Waals surface area contributed by atoms with E-state index >= 15 is 4.39 Å². The van der Waals surface area contributed by atoms with Gasteiger partial charge in [0, 0.05) is 38.1 Å². The summed E-state index contributed by atoms with van der Waals surface area (Å²) in [6.07, 6.45) is -3.28. The maximum atomic E-state index is 16.3. The monoisotopic (exact) mass is 764 g/mol. The fourth-order valence-electron chi connectivity index (χ4n) is 6.42. The van der Waals surface area contributed by atoms with Gasteiger partial charge in [-0.15, -0.1) is 0 Å². The second-order valence-corrected chi connectivity index (χ2v) is 12.2. The topological polar surface area (TPSA) is 178 Å². The Bertz CT molecular complexity index is 2030. The summed E-state index contributed by atoms with van der Waals surface area (Å²) in [5.74, 6) is -5.34. The molecule has 1 saturated heterocycles. The molecular formula is C39H41FN2O13. The summed E-state index contributed by atoms with van der Waals surface area (Å²) in [6.45, 7) is -0.520. The molecule has 0 saturated carbocycles. The number of carboxylic acid groups (broad SMARTS) is 1. The number of esters is 1. The molecule has 16 heteroatoms. The molecule has 55 heavy (non-hydrogen) atoms. The highest BCUT2D eigenvalue weighted by Gasteiger charge is 2.46. The fraction of sp³-hybridized carbons (Fsp3) is 0.333. The number of hydrogen-bond acceptors (Lipinski definition) is 12. The predicted octanol–water partition coefficient (Wildman–Crippen LogP) is 5.52. The van der Waals surface area contributed by atoms with Crippen molar-refractivity contribution in [2.24, 2.45) is 5.92 Å². The number of carbonyl (C=O) groups is 4. The molecular weight excluding hydrogens is 723 g/mol. The molecule has 5 rings (SSSR count). The first-order chi connectivity index (χ1) is 26.6. The minimum Gasteiger partial charge on any atom is -0.496 e. The summed E-state index contributed by atoms with van der Waals surface area (Å²) < 4.78 is 59.7. The number of ketones is 1. The molecule has 0 aliphatic carbocycles. The number of hydrogen-bond donors (Lipinski definition) is 2. The van der Waals surface area contributed by atoms with Gasteiger partial charge in [-0.3, -0.25) is 14.5 Å². The zero-order valence-corrected chi connectivity index (χ0v) is 30.8. The second-order valence-electron chi connectivity index (χ2n) is 12.2. The Morgan fingerprint density at radius 1 is 0.818 bits per heavy atom. The lowest BCUT2D eigenvalue weighted by Crippen LogP contribution is -2.58. The van der Waals surface area contributed by atoms with Crippen LogP contribution in [0.15, 0.2) is 66.7 Å². The third-order valence-electron chi connectivity index (χ3n) is 8.97. The number of methoxy groups -OCH3 is 5. The standard InChI is InChI=1S/C39H41FN2O13/c1-48-20-53-27-15-9-13-23-17-26(28(18-25(23)27)54-21-49-2)36(44)41-33-24(34(43)31-29(50-3)19-30(51-4)35(52-5)32(31)40)14-10-16-42(39(46)47)37(33)55-38(45)22-11-7-6-8-12-22/h6-9,11-13,15,17-19,24,33,37H,10,14,16,20-21H2,1-5H3,(H,41,44)(H,46,47). The van der Waals surface area contributed by atoms with E-state index < -0.39 is 53.3 Å². The van der Waals surface area contributed by atoms with Gasteiger partial charge in [0.2, 0.25) is 6.23 Å². The number of nitrogens with zero attached hydrogens (tertiary/aromatic N) is 1. The van der Waals surface area contributed by atoms with Gasteiger partial charge in [0.15, 0.2) is 36.7 Å². The first kappa shape index (κ1) is 40.1. The number of amides is 2. The van der Waals surface area contributed by atoms with E-state index in [1.54, 1.807) is 42.5 Å². The molecule has 1 heterocycles. The molecule has 2 N–H and O–H groups in total. The number of halogens is 1. The Kier molecular flexibility index (Phi) is 13.3. The predicted molar refractivity (Wildman–Crippen MR) is 194 cm³/mol. The Hall–Kier alpha value is -6.13. The van der Waals surface area contributed by atoms with Gasteiger partial charge in [-0.2, -0.15) is 0 Å². The number of Topliss-reactive ketones (excluding diaryl/α,β-unsaturated/α-hetero) is 1. The average Bonchev–Trinajstić information content (AvgIpc) is 3.37. The van der Waals surface area contributed by atoms with Crippen LogP contribution in [0.25, 0.3) is 10.8 Å². The van der Waals surface area contributed by atoms with Gasteiger partial charge in [-0.05, 0) is 48.6 Å². The van der Waals surface area contributed by atoms with E-state index in [-0.39, 0.29) is 67.1 Å². The molecule has 0 aromatic heterocycles. The quantitative estimate of drug-likeness (QED) is 0.0879. The number of nitrogens with one attached hydrogen (secondary N) is 1. The van der Waals surface area contributed by atoms with Gasteiger partial charge in [-0.1, -0.05) is 30.3 Å². The summed E-state index contributed by atoms with van der Waals surface area (Å²) in [7, 11) is 6.57. The van der Waals surface area contributed by atoms with Crippen LogP contribution in [-0.2, 0) is 14.2 Å². The number of ether oxygens (including phenoxy) is 8. The molecule has 15 nitrogen and oxygen atoms in total. The van der Waals surface area contributed by atoms with Gasteiger partial charge in [0.1, 0.15) is 17.2 Å². The fourth-order valence-corrected chi connectivity index (χ4v) is 6.42. The molecule has 3 atom stereocenters. The number of rotatable bonds is 15. The summed E-state index contributed by atoms with van der Waals surface area (Å²) in [6, 6.07) is 15.7. The van der Waals surface area contributed by atoms with Gasteiger partial charge < -0.3 is 48.3 Å². The van der Waals surface area contributed by atoms with E-state index in [9.17, 15) is 24.3 Å². The third-order valence-corrected chi connectivity index (χ3v) is 8.97. The summed E-state index contributed by atoms with van der Waals surface area (Å²) >= 11 is 0. The minimum atomic E-state index is -1.78. The third kappa shape index (κ3) is 8.66. The largest absolute Gasteiger partial charge is 0.496 e. The van der Waals surface area contributed by atoms with Gasteiger partial charge in [-0.25, -0.2) is 14.0 Å². The maximum absolute atomic E-state index is 16.3. The van der Waals surface area contributed by atoms with Crippen LogP contribution in [0.4, 0.5) is 9.18 Å². The van der Waals surface area contributed by atoms with Gasteiger partial charge in [0.05, 0.1) is 44.1 Å². The van der Waals surface area contributed by atoms with Crippen LogP contribution < -0.4 is 29.0 Å². The lowest BCUT2D eigenvalue weighted by atomic mass is 9.85. The molecule has 1 fully saturated rings. The van der Waals surface area contributed by atoms with Crippen molar-refractivity contribution in [3.63, 3.8) is 0 Å². The van der Waals surface area contributed by atoms with E-state index in [0.717, 1.165) is 4.90 Å². The molecule has 2 amide bonds. The van der Waals surface area contributed by atoms with E-state index in [0.29, 0.717) is 16.5 Å². The van der Waals surface area contributed by atoms with Crippen molar-refractivity contribution in [2.75, 3.05) is 55.7 Å². The Labute approximate surface area is 315 Å². The lowest BCUT2D eigenvalue weighted by Gasteiger charge is -2.35. The molecule has 0 radical (unpaired) electrons. The molecule has 292 valence electrons. The number of carbonyl (C=O) groups excluding carboxylic acids is 3. The number of fused-ring (bicyclic) bond motifs is 1. The van der Waals surface area contributed by atoms with E-state index in [1.165, 1.54) is 59.8 Å². The Balaban J connectivity index is 1.67. The van der Waals surface area contributed by atoms with Crippen LogP contribution in [-0.4, -0.2) is 102 Å². The van der Waals surface area contributed by atoms with Crippen molar-refractivity contribution in [1.29, 1.82) is 0 Å². The van der Waals surface area contributed by atoms with Crippen LogP contribution in [0.5, 0.6) is 28.7 Å². The van der Waals surface area contributed by atoms with E-state index in [2.05, 4.69) is 5.32 Å². The van der Waals surface area contributed by atoms with Crippen LogP contribution in [0.3, 0.4) is 0 Å². The van der Waals surface area contributed by atoms with Crippen LogP contribution in [0.2, 0.25) is 0 Å². The van der Waals surface area contributed by atoms with Crippen molar-refractivity contribution >= 4 is 34.5 Å². The molecule has 0 bridgehead atoms. The van der Waals surface area contributed by atoms with Gasteiger partial charge >= 0.3 is 12.1 Å². The van der Waals surface area contributed by atoms with Crippen LogP contribution >= 0.6 is 0 Å². The molecule has 4 aromatic carbocycles. The molecule has 1 aliphatic rings. The highest BCUT2D eigenvalue weighted by atomic mass is 19.1. The highest BCUT2D eigenvalue weighted by Crippen LogP contribution is 2.41. The maximum Gasteiger partial charge on any atom is 0.410 e. The first-order valence-corrected chi connectivity index (χ1v) is 17.0. The summed E-state index contributed by atoms with van der Waals surface area (Å²) in [4.78, 5) is 56.4. The minimum absolute atomic E-state index is 0.0392. The van der Waals surface area contributed by atoms with Crippen molar-refractivity contribution in [3.05, 3.63) is 89.2 Å². The molecule has 4 aromatic rings. The van der Waals surface area contributed by atoms with E-state index in [4.69, 9.17) is 37.9 Å². The summed E-state index contributed by atoms with van der Waals surface area (Å²) in [5.41, 5.74) is -0.512. The van der Waals surface area contributed by atoms with Crippen LogP contribution in [0, 0.1) is 11.7 Å². The lowest BCUT2D eigenvalue weighted by molar-refractivity contribution is -0.0417. The Morgan fingerprint density at radius 2 is 1.51 bits per heavy atom. The zero-order chi connectivity index (χ0) is 39.6. The molecule has 1 aliphatic heterocycles. The average molecular weight is 765 g/mol. The van der Waals surface area contributed by atoms with Crippen molar-refractivity contribution in [1.82, 2.24) is 10.2 Å².